The van der Waals surface area contributed by atoms with E-state index in [9.17, 15) is 9.59 Å². The van der Waals surface area contributed by atoms with Crippen molar-refractivity contribution in [2.24, 2.45) is 0 Å². The second-order valence-corrected chi connectivity index (χ2v) is 8.32. The molecular weight excluding hydrogens is 445 g/mol. The predicted octanol–water partition coefficient (Wildman–Crippen LogP) is 6.95. The maximum absolute atomic E-state index is 13.1. The van der Waals surface area contributed by atoms with Crippen molar-refractivity contribution in [1.82, 2.24) is 4.98 Å². The first-order chi connectivity index (χ1) is 15.3. The van der Waals surface area contributed by atoms with Gasteiger partial charge < -0.3 is 4.74 Å². The number of nitrogens with zero attached hydrogens (tertiary/aromatic N) is 1. The SMILES string of the molecule is Cc1ccc(C(=O)[C@@H](C)OC(=O)c2cc(-c3ccc(Cl)cc3)nc3c(Cl)cccc23)cc1. The lowest BCUT2D eigenvalue weighted by Gasteiger charge is -2.15. The minimum Gasteiger partial charge on any atom is -0.451 e. The zero-order valence-corrected chi connectivity index (χ0v) is 18.9. The van der Waals surface area contributed by atoms with Crippen LogP contribution in [0.3, 0.4) is 0 Å². The predicted molar refractivity (Wildman–Crippen MR) is 128 cm³/mol. The highest BCUT2D eigenvalue weighted by molar-refractivity contribution is 6.35. The van der Waals surface area contributed by atoms with Crippen LogP contribution in [0.15, 0.2) is 72.8 Å². The lowest BCUT2D eigenvalue weighted by atomic mass is 10.0. The number of carbonyl (C=O) groups excluding carboxylic acids is 2. The third kappa shape index (κ3) is 4.52. The molecule has 0 radical (unpaired) electrons. The number of ketones is 1. The number of benzene rings is 3. The van der Waals surface area contributed by atoms with Gasteiger partial charge in [0.1, 0.15) is 0 Å². The molecule has 6 heteroatoms. The molecule has 0 aliphatic carbocycles. The average Bonchev–Trinajstić information content (AvgIpc) is 2.79. The summed E-state index contributed by atoms with van der Waals surface area (Å²) >= 11 is 12.4. The molecule has 1 heterocycles. The van der Waals surface area contributed by atoms with Gasteiger partial charge in [-0.1, -0.05) is 77.3 Å². The van der Waals surface area contributed by atoms with Crippen LogP contribution < -0.4 is 0 Å². The molecule has 1 aromatic heterocycles. The van der Waals surface area contributed by atoms with Crippen molar-refractivity contribution in [3.8, 4) is 11.3 Å². The molecule has 0 saturated heterocycles. The van der Waals surface area contributed by atoms with E-state index in [0.717, 1.165) is 11.1 Å². The van der Waals surface area contributed by atoms with Gasteiger partial charge >= 0.3 is 5.97 Å². The van der Waals surface area contributed by atoms with Crippen LogP contribution in [0.1, 0.15) is 33.2 Å². The van der Waals surface area contributed by atoms with E-state index in [0.29, 0.717) is 32.2 Å². The van der Waals surface area contributed by atoms with Crippen LogP contribution in [0, 0.1) is 6.92 Å². The summed E-state index contributed by atoms with van der Waals surface area (Å²) in [5.74, 6) is -0.893. The van der Waals surface area contributed by atoms with Gasteiger partial charge in [-0.05, 0) is 38.1 Å². The number of fused-ring (bicyclic) bond motifs is 1. The van der Waals surface area contributed by atoms with Gasteiger partial charge in [0.2, 0.25) is 5.78 Å². The van der Waals surface area contributed by atoms with Gasteiger partial charge in [-0.2, -0.15) is 0 Å². The van der Waals surface area contributed by atoms with Crippen LogP contribution in [-0.4, -0.2) is 22.8 Å². The molecule has 1 atom stereocenters. The summed E-state index contributed by atoms with van der Waals surface area (Å²) in [5, 5.41) is 1.56. The largest absolute Gasteiger partial charge is 0.451 e. The number of esters is 1. The topological polar surface area (TPSA) is 56.3 Å². The highest BCUT2D eigenvalue weighted by Crippen LogP contribution is 2.30. The van der Waals surface area contributed by atoms with E-state index in [2.05, 4.69) is 4.98 Å². The minimum atomic E-state index is -0.952. The van der Waals surface area contributed by atoms with Gasteiger partial charge in [0, 0.05) is 21.5 Å². The van der Waals surface area contributed by atoms with Crippen molar-refractivity contribution >= 4 is 45.9 Å². The molecular formula is C26H19Cl2NO3. The number of para-hydroxylation sites is 1. The van der Waals surface area contributed by atoms with E-state index in [4.69, 9.17) is 27.9 Å². The first-order valence-corrected chi connectivity index (χ1v) is 10.8. The zero-order valence-electron chi connectivity index (χ0n) is 17.4. The van der Waals surface area contributed by atoms with E-state index in [1.54, 1.807) is 55.5 Å². The van der Waals surface area contributed by atoms with Crippen LogP contribution in [0.25, 0.3) is 22.2 Å². The maximum atomic E-state index is 13.1. The second-order valence-electron chi connectivity index (χ2n) is 7.48. The second kappa shape index (κ2) is 9.11. The molecule has 0 fully saturated rings. The summed E-state index contributed by atoms with van der Waals surface area (Å²) in [5.41, 5.74) is 3.61. The first kappa shape index (κ1) is 22.0. The molecule has 4 aromatic rings. The van der Waals surface area contributed by atoms with Crippen LogP contribution in [0.5, 0.6) is 0 Å². The van der Waals surface area contributed by atoms with Gasteiger partial charge in [-0.15, -0.1) is 0 Å². The normalized spacial score (nSPS) is 11.9. The van der Waals surface area contributed by atoms with Crippen molar-refractivity contribution in [3.05, 3.63) is 99.5 Å². The van der Waals surface area contributed by atoms with E-state index in [-0.39, 0.29) is 11.3 Å². The quantitative estimate of drug-likeness (QED) is 0.237. The van der Waals surface area contributed by atoms with Gasteiger partial charge in [-0.25, -0.2) is 9.78 Å². The Labute approximate surface area is 195 Å². The molecule has 32 heavy (non-hydrogen) atoms. The Kier molecular flexibility index (Phi) is 6.26. The summed E-state index contributed by atoms with van der Waals surface area (Å²) in [6, 6.07) is 21.1. The molecule has 160 valence electrons. The lowest BCUT2D eigenvalue weighted by Crippen LogP contribution is -2.24. The van der Waals surface area contributed by atoms with E-state index in [1.807, 2.05) is 31.2 Å². The molecule has 0 aliphatic rings. The van der Waals surface area contributed by atoms with E-state index >= 15 is 0 Å². The third-order valence-electron chi connectivity index (χ3n) is 5.14. The fraction of sp³-hybridized carbons (Fsp3) is 0.115. The van der Waals surface area contributed by atoms with Gasteiger partial charge in [0.25, 0.3) is 0 Å². The number of hydrogen-bond acceptors (Lipinski definition) is 4. The highest BCUT2D eigenvalue weighted by atomic mass is 35.5. The number of aromatic nitrogens is 1. The van der Waals surface area contributed by atoms with Crippen molar-refractivity contribution in [2.45, 2.75) is 20.0 Å². The van der Waals surface area contributed by atoms with Crippen LogP contribution >= 0.6 is 23.2 Å². The van der Waals surface area contributed by atoms with Gasteiger partial charge in [0.05, 0.1) is 21.8 Å². The van der Waals surface area contributed by atoms with Crippen molar-refractivity contribution in [3.63, 3.8) is 0 Å². The Hall–Kier alpha value is -3.21. The summed E-state index contributed by atoms with van der Waals surface area (Å²) in [6.07, 6.45) is -0.952. The monoisotopic (exact) mass is 463 g/mol. The molecule has 4 nitrogen and oxygen atoms in total. The van der Waals surface area contributed by atoms with Gasteiger partial charge in [-0.3, -0.25) is 4.79 Å². The number of ether oxygens (including phenoxy) is 1. The number of aryl methyl sites for hydroxylation is 1. The Morgan fingerprint density at radius 3 is 2.31 bits per heavy atom. The summed E-state index contributed by atoms with van der Waals surface area (Å²) in [4.78, 5) is 30.5. The molecule has 0 amide bonds. The van der Waals surface area contributed by atoms with Crippen molar-refractivity contribution in [2.75, 3.05) is 0 Å². The number of Topliss-reactive ketones (excluding diaryl/α,β-unsaturated/α-hetero) is 1. The number of rotatable bonds is 5. The Morgan fingerprint density at radius 1 is 0.938 bits per heavy atom. The Morgan fingerprint density at radius 2 is 1.62 bits per heavy atom. The number of halogens is 2. The van der Waals surface area contributed by atoms with E-state index in [1.165, 1.54) is 0 Å². The minimum absolute atomic E-state index is 0.271. The molecule has 0 bridgehead atoms. The highest BCUT2D eigenvalue weighted by Gasteiger charge is 2.23. The summed E-state index contributed by atoms with van der Waals surface area (Å²) < 4.78 is 5.56. The van der Waals surface area contributed by atoms with Crippen LogP contribution in [0.2, 0.25) is 10.0 Å². The van der Waals surface area contributed by atoms with Crippen molar-refractivity contribution < 1.29 is 14.3 Å². The molecule has 0 aliphatic heterocycles. The van der Waals surface area contributed by atoms with E-state index < -0.39 is 12.1 Å². The summed E-state index contributed by atoms with van der Waals surface area (Å²) in [6.45, 7) is 3.51. The lowest BCUT2D eigenvalue weighted by molar-refractivity contribution is 0.0320. The fourth-order valence-corrected chi connectivity index (χ4v) is 3.72. The molecule has 0 N–H and O–H groups in total. The Balaban J connectivity index is 1.71. The molecule has 0 saturated carbocycles. The standard InChI is InChI=1S/C26H19Cl2NO3/c1-15-6-8-18(9-7-15)25(30)16(2)32-26(31)21-14-23(17-10-12-19(27)13-11-17)29-24-20(21)4-3-5-22(24)28/h3-14,16H,1-2H3/t16-/m1/s1. The number of carbonyl (C=O) groups is 2. The average molecular weight is 464 g/mol. The maximum Gasteiger partial charge on any atom is 0.339 e. The van der Waals surface area contributed by atoms with Gasteiger partial charge in [0.15, 0.2) is 6.10 Å². The fourth-order valence-electron chi connectivity index (χ4n) is 3.38. The zero-order chi connectivity index (χ0) is 22.8. The number of hydrogen-bond donors (Lipinski definition) is 0. The molecule has 0 spiro atoms. The van der Waals surface area contributed by atoms with Crippen molar-refractivity contribution in [1.29, 1.82) is 0 Å². The Bertz CT molecular complexity index is 1320. The molecule has 0 unspecified atom stereocenters. The summed E-state index contributed by atoms with van der Waals surface area (Å²) in [7, 11) is 0. The first-order valence-electron chi connectivity index (χ1n) is 10.0. The van der Waals surface area contributed by atoms with Crippen LogP contribution in [-0.2, 0) is 4.74 Å². The number of pyridine rings is 1. The third-order valence-corrected chi connectivity index (χ3v) is 5.70. The molecule has 3 aromatic carbocycles. The molecule has 4 rings (SSSR count). The smallest absolute Gasteiger partial charge is 0.339 e. The van der Waals surface area contributed by atoms with Crippen LogP contribution in [0.4, 0.5) is 0 Å².